The first-order valence-corrected chi connectivity index (χ1v) is 11.1. The minimum Gasteiger partial charge on any atom is -0.462 e. The minimum absolute atomic E-state index is 0.0120. The van der Waals surface area contributed by atoms with Crippen molar-refractivity contribution in [1.29, 1.82) is 0 Å². The first kappa shape index (κ1) is 21.1. The summed E-state index contributed by atoms with van der Waals surface area (Å²) in [5.41, 5.74) is 4.00. The van der Waals surface area contributed by atoms with Crippen LogP contribution in [0.4, 0.5) is 0 Å². The quantitative estimate of drug-likeness (QED) is 0.637. The lowest BCUT2D eigenvalue weighted by Crippen LogP contribution is -2.42. The van der Waals surface area contributed by atoms with Gasteiger partial charge >= 0.3 is 11.9 Å². The fraction of sp³-hybridized carbons (Fsp3) is 0.640. The predicted molar refractivity (Wildman–Crippen MR) is 112 cm³/mol. The smallest absolute Gasteiger partial charge is 0.303 e. The Balaban J connectivity index is 1.59. The summed E-state index contributed by atoms with van der Waals surface area (Å²) < 4.78 is 10.5. The highest BCUT2D eigenvalue weighted by atomic mass is 16.5. The van der Waals surface area contributed by atoms with Crippen LogP contribution in [-0.4, -0.2) is 30.4 Å². The lowest BCUT2D eigenvalue weighted by molar-refractivity contribution is -0.148. The molecule has 0 aliphatic heterocycles. The van der Waals surface area contributed by atoms with Gasteiger partial charge in [0, 0.05) is 31.6 Å². The van der Waals surface area contributed by atoms with Crippen LogP contribution in [0.3, 0.4) is 0 Å². The van der Waals surface area contributed by atoms with E-state index in [2.05, 4.69) is 32.1 Å². The predicted octanol–water partition coefficient (Wildman–Crippen LogP) is 4.47. The van der Waals surface area contributed by atoms with E-state index in [9.17, 15) is 14.4 Å². The number of fused-ring (bicyclic) bond motifs is 5. The molecule has 0 aromatic rings. The van der Waals surface area contributed by atoms with Crippen molar-refractivity contribution < 1.29 is 23.9 Å². The molecule has 0 radical (unpaired) electrons. The third-order valence-corrected chi connectivity index (χ3v) is 8.09. The van der Waals surface area contributed by atoms with Crippen LogP contribution in [-0.2, 0) is 23.9 Å². The van der Waals surface area contributed by atoms with Crippen LogP contribution in [0.2, 0.25) is 0 Å². The molecule has 0 unspecified atom stereocenters. The second kappa shape index (κ2) is 7.51. The topological polar surface area (TPSA) is 69.7 Å². The van der Waals surface area contributed by atoms with Gasteiger partial charge in [-0.2, -0.15) is 0 Å². The van der Waals surface area contributed by atoms with Gasteiger partial charge in [-0.05, 0) is 54.6 Å². The molecule has 4 aliphatic carbocycles. The van der Waals surface area contributed by atoms with E-state index in [1.165, 1.54) is 30.6 Å². The Labute approximate surface area is 178 Å². The summed E-state index contributed by atoms with van der Waals surface area (Å²) in [5.74, 6) is -0.283. The third-order valence-electron chi connectivity index (χ3n) is 8.09. The molecule has 5 nitrogen and oxygen atoms in total. The molecule has 0 heterocycles. The van der Waals surface area contributed by atoms with Crippen LogP contribution < -0.4 is 0 Å². The fourth-order valence-corrected chi connectivity index (χ4v) is 6.48. The monoisotopic (exact) mass is 412 g/mol. The maximum Gasteiger partial charge on any atom is 0.303 e. The maximum atomic E-state index is 12.8. The van der Waals surface area contributed by atoms with E-state index < -0.39 is 5.97 Å². The average molecular weight is 413 g/mol. The number of hydrogen-bond donors (Lipinski definition) is 0. The van der Waals surface area contributed by atoms with Gasteiger partial charge in [-0.15, -0.1) is 0 Å². The molecule has 4 rings (SSSR count). The molecule has 2 fully saturated rings. The summed E-state index contributed by atoms with van der Waals surface area (Å²) in [6.07, 6.45) is 12.2. The number of esters is 2. The van der Waals surface area contributed by atoms with Gasteiger partial charge in [0.2, 0.25) is 0 Å². The number of ketones is 1. The summed E-state index contributed by atoms with van der Waals surface area (Å²) in [4.78, 5) is 35.3. The van der Waals surface area contributed by atoms with Crippen molar-refractivity contribution in [3.8, 4) is 0 Å². The van der Waals surface area contributed by atoms with Crippen LogP contribution in [0, 0.1) is 22.7 Å². The molecule has 0 aromatic carbocycles. The van der Waals surface area contributed by atoms with Gasteiger partial charge < -0.3 is 9.47 Å². The molecule has 162 valence electrons. The van der Waals surface area contributed by atoms with E-state index >= 15 is 0 Å². The molecule has 5 heteroatoms. The van der Waals surface area contributed by atoms with Crippen molar-refractivity contribution in [2.75, 3.05) is 6.61 Å². The van der Waals surface area contributed by atoms with Gasteiger partial charge in [0.1, 0.15) is 12.7 Å². The van der Waals surface area contributed by atoms with Crippen molar-refractivity contribution in [1.82, 2.24) is 0 Å². The Morgan fingerprint density at radius 1 is 1.07 bits per heavy atom. The lowest BCUT2D eigenvalue weighted by atomic mass is 9.55. The Morgan fingerprint density at radius 2 is 1.83 bits per heavy atom. The molecule has 0 saturated heterocycles. The molecule has 4 aliphatic rings. The van der Waals surface area contributed by atoms with Crippen LogP contribution in [0.1, 0.15) is 66.2 Å². The number of Topliss-reactive ketones (excluding diaryl/α,β-unsaturated/α-hetero) is 1. The van der Waals surface area contributed by atoms with Crippen LogP contribution >= 0.6 is 0 Å². The van der Waals surface area contributed by atoms with Crippen LogP contribution in [0.15, 0.2) is 34.9 Å². The Hall–Kier alpha value is -2.17. The zero-order valence-corrected chi connectivity index (χ0v) is 18.5. The van der Waals surface area contributed by atoms with Gasteiger partial charge in [-0.3, -0.25) is 14.4 Å². The number of ether oxygens (including phenoxy) is 2. The van der Waals surface area contributed by atoms with Crippen molar-refractivity contribution >= 4 is 17.7 Å². The first-order chi connectivity index (χ1) is 14.1. The molecular formula is C25H32O5. The van der Waals surface area contributed by atoms with Crippen LogP contribution in [0.5, 0.6) is 0 Å². The minimum atomic E-state index is -0.404. The standard InChI is InChI=1S/C25H32O5/c1-15(26)29-14-23(28)22-8-7-20-19-6-5-17-13-18(30-16(2)27)9-11-24(17,3)21(19)10-12-25(20,22)4/h5-6,10,18,20,22H,7-9,11-14H2,1-4H3/t18-,20-,22+,24-,25+/m1/s1. The van der Waals surface area contributed by atoms with Gasteiger partial charge in [0.15, 0.2) is 5.78 Å². The Morgan fingerprint density at radius 3 is 2.53 bits per heavy atom. The molecule has 5 atom stereocenters. The molecule has 2 saturated carbocycles. The summed E-state index contributed by atoms with van der Waals surface area (Å²) in [7, 11) is 0. The van der Waals surface area contributed by atoms with Crippen molar-refractivity contribution in [2.45, 2.75) is 72.3 Å². The normalized spacial score (nSPS) is 36.9. The maximum absolute atomic E-state index is 12.8. The molecule has 0 bridgehead atoms. The van der Waals surface area contributed by atoms with E-state index in [0.717, 1.165) is 38.5 Å². The summed E-state index contributed by atoms with van der Waals surface area (Å²) >= 11 is 0. The zero-order chi connectivity index (χ0) is 21.7. The summed E-state index contributed by atoms with van der Waals surface area (Å²) in [6.45, 7) is 7.26. The number of carbonyl (C=O) groups excluding carboxylic acids is 3. The Kier molecular flexibility index (Phi) is 5.27. The van der Waals surface area contributed by atoms with E-state index in [4.69, 9.17) is 9.47 Å². The Bertz CT molecular complexity index is 878. The first-order valence-electron chi connectivity index (χ1n) is 11.1. The van der Waals surface area contributed by atoms with E-state index in [1.807, 2.05) is 0 Å². The molecule has 0 aromatic heterocycles. The SMILES string of the molecule is CC(=O)OCC(=O)[C@@H]1CC[C@@H]2C3=CC=C4C[C@H](OC(C)=O)CC[C@@]4(C)C3=CC[C@@]21C. The molecule has 30 heavy (non-hydrogen) atoms. The van der Waals surface area contributed by atoms with E-state index in [1.54, 1.807) is 0 Å². The summed E-state index contributed by atoms with van der Waals surface area (Å²) in [5, 5.41) is 0. The second-order valence-electron chi connectivity index (χ2n) is 9.88. The second-order valence-corrected chi connectivity index (χ2v) is 9.88. The van der Waals surface area contributed by atoms with Crippen LogP contribution in [0.25, 0.3) is 0 Å². The van der Waals surface area contributed by atoms with Crippen molar-refractivity contribution in [3.05, 3.63) is 34.9 Å². The highest BCUT2D eigenvalue weighted by molar-refractivity contribution is 5.85. The fourth-order valence-electron chi connectivity index (χ4n) is 6.48. The zero-order valence-electron chi connectivity index (χ0n) is 18.5. The lowest BCUT2D eigenvalue weighted by Gasteiger charge is -2.50. The molecule has 0 amide bonds. The number of hydrogen-bond acceptors (Lipinski definition) is 5. The van der Waals surface area contributed by atoms with Gasteiger partial charge in [0.25, 0.3) is 0 Å². The van der Waals surface area contributed by atoms with E-state index in [0.29, 0.717) is 5.92 Å². The number of carbonyl (C=O) groups is 3. The average Bonchev–Trinajstić information content (AvgIpc) is 3.03. The highest BCUT2D eigenvalue weighted by Gasteiger charge is 2.55. The number of allylic oxidation sites excluding steroid dienone is 5. The third kappa shape index (κ3) is 3.36. The van der Waals surface area contributed by atoms with Crippen molar-refractivity contribution in [3.63, 3.8) is 0 Å². The van der Waals surface area contributed by atoms with Gasteiger partial charge in [-0.1, -0.05) is 37.6 Å². The summed E-state index contributed by atoms with van der Waals surface area (Å²) in [6, 6.07) is 0. The highest BCUT2D eigenvalue weighted by Crippen LogP contribution is 2.62. The molecule has 0 spiro atoms. The van der Waals surface area contributed by atoms with Gasteiger partial charge in [-0.25, -0.2) is 0 Å². The molecular weight excluding hydrogens is 380 g/mol. The van der Waals surface area contributed by atoms with E-state index in [-0.39, 0.29) is 41.2 Å². The van der Waals surface area contributed by atoms with Crippen molar-refractivity contribution in [2.24, 2.45) is 22.7 Å². The largest absolute Gasteiger partial charge is 0.462 e. The molecule has 0 N–H and O–H groups in total. The number of rotatable bonds is 4. The van der Waals surface area contributed by atoms with Gasteiger partial charge in [0.05, 0.1) is 0 Å².